The van der Waals surface area contributed by atoms with E-state index >= 15 is 0 Å². The first-order valence-corrected chi connectivity index (χ1v) is 12.5. The van der Waals surface area contributed by atoms with Crippen LogP contribution < -0.4 is 5.32 Å². The fourth-order valence-corrected chi connectivity index (χ4v) is 3.53. The van der Waals surface area contributed by atoms with Gasteiger partial charge in [0.15, 0.2) is 0 Å². The SMILES string of the molecule is CCCCCCCCCCCCCCC(=O)NCCCOCCN(CCO)CCO. The highest BCUT2D eigenvalue weighted by Crippen LogP contribution is 2.12. The number of carbonyl (C=O) groups excluding carboxylic acids is 1. The third-order valence-electron chi connectivity index (χ3n) is 5.43. The fourth-order valence-electron chi connectivity index (χ4n) is 3.53. The number of aliphatic hydroxyl groups is 2. The molecule has 0 saturated carbocycles. The largest absolute Gasteiger partial charge is 0.395 e. The Balaban J connectivity index is 3.29. The first kappa shape index (κ1) is 29.3. The molecule has 0 saturated heterocycles. The van der Waals surface area contributed by atoms with E-state index in [0.29, 0.717) is 45.8 Å². The number of hydrogen-bond donors (Lipinski definition) is 3. The molecular weight excluding hydrogens is 380 g/mol. The lowest BCUT2D eigenvalue weighted by Crippen LogP contribution is -2.33. The van der Waals surface area contributed by atoms with Crippen molar-refractivity contribution in [2.24, 2.45) is 0 Å². The molecule has 0 atom stereocenters. The number of rotatable bonds is 24. The van der Waals surface area contributed by atoms with Crippen LogP contribution in [0.3, 0.4) is 0 Å². The molecule has 0 bridgehead atoms. The molecule has 1 amide bonds. The minimum absolute atomic E-state index is 0.0885. The fraction of sp³-hybridized carbons (Fsp3) is 0.958. The second kappa shape index (κ2) is 24.6. The molecule has 0 radical (unpaired) electrons. The molecule has 180 valence electrons. The Morgan fingerprint density at radius 2 is 1.27 bits per heavy atom. The smallest absolute Gasteiger partial charge is 0.219 e. The van der Waals surface area contributed by atoms with Crippen molar-refractivity contribution in [3.05, 3.63) is 0 Å². The lowest BCUT2D eigenvalue weighted by Gasteiger charge is -2.19. The summed E-state index contributed by atoms with van der Waals surface area (Å²) in [7, 11) is 0. The van der Waals surface area contributed by atoms with Gasteiger partial charge in [-0.3, -0.25) is 9.69 Å². The molecule has 3 N–H and O–H groups in total. The highest BCUT2D eigenvalue weighted by Gasteiger charge is 2.03. The van der Waals surface area contributed by atoms with E-state index in [1.165, 1.54) is 64.2 Å². The van der Waals surface area contributed by atoms with Gasteiger partial charge in [0.25, 0.3) is 0 Å². The van der Waals surface area contributed by atoms with Gasteiger partial charge in [0, 0.05) is 39.2 Å². The average Bonchev–Trinajstić information content (AvgIpc) is 2.74. The van der Waals surface area contributed by atoms with E-state index in [-0.39, 0.29) is 19.1 Å². The zero-order valence-corrected chi connectivity index (χ0v) is 19.7. The van der Waals surface area contributed by atoms with Crippen molar-refractivity contribution >= 4 is 5.91 Å². The molecule has 0 aromatic rings. The zero-order valence-electron chi connectivity index (χ0n) is 19.7. The topological polar surface area (TPSA) is 82.0 Å². The van der Waals surface area contributed by atoms with E-state index in [9.17, 15) is 4.79 Å². The predicted molar refractivity (Wildman–Crippen MR) is 125 cm³/mol. The van der Waals surface area contributed by atoms with Crippen molar-refractivity contribution in [3.8, 4) is 0 Å². The number of nitrogens with zero attached hydrogens (tertiary/aromatic N) is 1. The van der Waals surface area contributed by atoms with Crippen molar-refractivity contribution in [2.75, 3.05) is 52.6 Å². The van der Waals surface area contributed by atoms with E-state index in [2.05, 4.69) is 12.2 Å². The van der Waals surface area contributed by atoms with Crippen molar-refractivity contribution in [1.82, 2.24) is 10.2 Å². The molecule has 0 unspecified atom stereocenters. The van der Waals surface area contributed by atoms with Crippen LogP contribution in [-0.2, 0) is 9.53 Å². The molecule has 6 heteroatoms. The molecule has 0 aromatic heterocycles. The van der Waals surface area contributed by atoms with Crippen LogP contribution in [0, 0.1) is 0 Å². The molecule has 0 spiro atoms. The Morgan fingerprint density at radius 3 is 1.80 bits per heavy atom. The molecule has 6 nitrogen and oxygen atoms in total. The molecule has 30 heavy (non-hydrogen) atoms. The molecule has 0 aliphatic rings. The van der Waals surface area contributed by atoms with Gasteiger partial charge in [-0.05, 0) is 12.8 Å². The van der Waals surface area contributed by atoms with Gasteiger partial charge in [-0.15, -0.1) is 0 Å². The molecule has 0 aliphatic heterocycles. The van der Waals surface area contributed by atoms with E-state index in [0.717, 1.165) is 19.3 Å². The van der Waals surface area contributed by atoms with Crippen LogP contribution in [0.4, 0.5) is 0 Å². The Bertz CT molecular complexity index is 350. The number of nitrogens with one attached hydrogen (secondary N) is 1. The van der Waals surface area contributed by atoms with E-state index in [1.807, 2.05) is 4.90 Å². The Kier molecular flexibility index (Phi) is 24.0. The van der Waals surface area contributed by atoms with Gasteiger partial charge in [0.05, 0.1) is 19.8 Å². The van der Waals surface area contributed by atoms with Gasteiger partial charge < -0.3 is 20.3 Å². The average molecular weight is 431 g/mol. The predicted octanol–water partition coefficient (Wildman–Crippen LogP) is 3.89. The summed E-state index contributed by atoms with van der Waals surface area (Å²) >= 11 is 0. The van der Waals surface area contributed by atoms with Crippen LogP contribution in [0.1, 0.15) is 96.8 Å². The Labute approximate surface area is 185 Å². The quantitative estimate of drug-likeness (QED) is 0.202. The molecule has 0 heterocycles. The highest BCUT2D eigenvalue weighted by atomic mass is 16.5. The van der Waals surface area contributed by atoms with Crippen LogP contribution in [0.15, 0.2) is 0 Å². The molecular formula is C24H50N2O4. The standard InChI is InChI=1S/C24H50N2O4/c1-2-3-4-5-6-7-8-9-10-11-12-13-15-24(29)25-16-14-22-30-23-19-26(17-20-27)18-21-28/h27-28H,2-23H2,1H3,(H,25,29). The summed E-state index contributed by atoms with van der Waals surface area (Å²) in [5, 5.41) is 20.9. The van der Waals surface area contributed by atoms with Crippen molar-refractivity contribution in [3.63, 3.8) is 0 Å². The first-order chi connectivity index (χ1) is 14.7. The second-order valence-electron chi connectivity index (χ2n) is 8.24. The summed E-state index contributed by atoms with van der Waals surface area (Å²) in [6.07, 6.45) is 17.2. The minimum atomic E-state index is 0.0885. The molecule has 0 fully saturated rings. The first-order valence-electron chi connectivity index (χ1n) is 12.5. The Hall–Kier alpha value is -0.690. The van der Waals surface area contributed by atoms with Crippen LogP contribution in [0.25, 0.3) is 0 Å². The number of ether oxygens (including phenoxy) is 1. The normalized spacial score (nSPS) is 11.3. The maximum absolute atomic E-state index is 11.8. The maximum Gasteiger partial charge on any atom is 0.219 e. The summed E-state index contributed by atoms with van der Waals surface area (Å²) < 4.78 is 5.56. The van der Waals surface area contributed by atoms with Crippen LogP contribution in [-0.4, -0.2) is 73.6 Å². The maximum atomic E-state index is 11.8. The number of amides is 1. The van der Waals surface area contributed by atoms with Gasteiger partial charge in [0.1, 0.15) is 0 Å². The lowest BCUT2D eigenvalue weighted by atomic mass is 10.0. The minimum Gasteiger partial charge on any atom is -0.395 e. The zero-order chi connectivity index (χ0) is 22.1. The molecule has 0 rings (SSSR count). The van der Waals surface area contributed by atoms with Gasteiger partial charge in [-0.25, -0.2) is 0 Å². The number of hydrogen-bond acceptors (Lipinski definition) is 5. The van der Waals surface area contributed by atoms with E-state index in [1.54, 1.807) is 0 Å². The van der Waals surface area contributed by atoms with Crippen LogP contribution >= 0.6 is 0 Å². The van der Waals surface area contributed by atoms with Gasteiger partial charge in [-0.1, -0.05) is 77.6 Å². The van der Waals surface area contributed by atoms with Gasteiger partial charge in [0.2, 0.25) is 5.91 Å². The summed E-state index contributed by atoms with van der Waals surface area (Å²) in [5.41, 5.74) is 0. The monoisotopic (exact) mass is 430 g/mol. The van der Waals surface area contributed by atoms with Crippen LogP contribution in [0.5, 0.6) is 0 Å². The third-order valence-corrected chi connectivity index (χ3v) is 5.43. The van der Waals surface area contributed by atoms with Crippen molar-refractivity contribution < 1.29 is 19.7 Å². The van der Waals surface area contributed by atoms with Crippen molar-refractivity contribution in [2.45, 2.75) is 96.8 Å². The summed E-state index contributed by atoms with van der Waals surface area (Å²) in [6, 6.07) is 0. The van der Waals surface area contributed by atoms with E-state index in [4.69, 9.17) is 14.9 Å². The van der Waals surface area contributed by atoms with Crippen molar-refractivity contribution in [1.29, 1.82) is 0 Å². The summed E-state index contributed by atoms with van der Waals surface area (Å²) in [5.74, 6) is 0.152. The third kappa shape index (κ3) is 22.0. The summed E-state index contributed by atoms with van der Waals surface area (Å²) in [6.45, 7) is 6.10. The molecule has 0 aromatic carbocycles. The number of carbonyl (C=O) groups is 1. The summed E-state index contributed by atoms with van der Waals surface area (Å²) in [4.78, 5) is 13.8. The second-order valence-corrected chi connectivity index (χ2v) is 8.24. The molecule has 0 aliphatic carbocycles. The number of unbranched alkanes of at least 4 members (excludes halogenated alkanes) is 11. The Morgan fingerprint density at radius 1 is 0.733 bits per heavy atom. The number of aliphatic hydroxyl groups excluding tert-OH is 2. The highest BCUT2D eigenvalue weighted by molar-refractivity contribution is 5.75. The van der Waals surface area contributed by atoms with Gasteiger partial charge >= 0.3 is 0 Å². The lowest BCUT2D eigenvalue weighted by molar-refractivity contribution is -0.121. The van der Waals surface area contributed by atoms with E-state index < -0.39 is 0 Å². The van der Waals surface area contributed by atoms with Crippen LogP contribution in [0.2, 0.25) is 0 Å². The van der Waals surface area contributed by atoms with Gasteiger partial charge in [-0.2, -0.15) is 0 Å².